The number of anilines is 2. The van der Waals surface area contributed by atoms with Gasteiger partial charge in [-0.3, -0.25) is 9.69 Å². The van der Waals surface area contributed by atoms with Gasteiger partial charge in [-0.15, -0.1) is 0 Å². The van der Waals surface area contributed by atoms with Crippen molar-refractivity contribution in [3.8, 4) is 6.07 Å². The largest absolute Gasteiger partial charge is 0.463 e. The quantitative estimate of drug-likeness (QED) is 0.422. The maximum Gasteiger partial charge on any atom is 0.417 e. The molecule has 2 aliphatic rings. The van der Waals surface area contributed by atoms with Gasteiger partial charge < -0.3 is 9.64 Å². The highest BCUT2D eigenvalue weighted by Crippen LogP contribution is 2.50. The van der Waals surface area contributed by atoms with E-state index in [9.17, 15) is 22.8 Å². The van der Waals surface area contributed by atoms with Crippen LogP contribution in [-0.4, -0.2) is 24.0 Å². The molecule has 2 aromatic carbocycles. The average molecular weight is 481 g/mol. The molecule has 0 unspecified atom stereocenters. The van der Waals surface area contributed by atoms with E-state index >= 15 is 0 Å². The first-order valence-electron chi connectivity index (χ1n) is 11.0. The zero-order valence-electron chi connectivity index (χ0n) is 18.9. The molecule has 2 fully saturated rings. The van der Waals surface area contributed by atoms with Crippen molar-refractivity contribution in [3.63, 3.8) is 0 Å². The van der Waals surface area contributed by atoms with Crippen LogP contribution >= 0.6 is 0 Å². The molecule has 1 spiro atoms. The average Bonchev–Trinajstić information content (AvgIpc) is 3.04. The minimum Gasteiger partial charge on any atom is -0.463 e. The van der Waals surface area contributed by atoms with Crippen molar-refractivity contribution in [2.24, 2.45) is 0 Å². The highest BCUT2D eigenvalue weighted by Gasteiger charge is 2.58. The van der Waals surface area contributed by atoms with Gasteiger partial charge in [-0.25, -0.2) is 4.79 Å². The lowest BCUT2D eigenvalue weighted by atomic mass is 9.75. The van der Waals surface area contributed by atoms with Gasteiger partial charge >= 0.3 is 12.1 Å². The molecule has 0 bridgehead atoms. The van der Waals surface area contributed by atoms with Gasteiger partial charge in [-0.05, 0) is 68.2 Å². The van der Waals surface area contributed by atoms with Gasteiger partial charge in [-0.2, -0.15) is 18.4 Å². The molecule has 1 amide bonds. The fraction of sp³-hybridized carbons (Fsp3) is 0.269. The Labute approximate surface area is 200 Å². The highest BCUT2D eigenvalue weighted by molar-refractivity contribution is 6.11. The molecule has 9 heteroatoms. The fourth-order valence-corrected chi connectivity index (χ4v) is 4.47. The standard InChI is InChI=1S/C26H22F3N3O3/c1-3-35-23(33)12-7-18-5-9-20(10-6-18)32-17(2)31(24(34)25(32)13-4-14-25)21-11-8-19(16-30)22(15-21)26(27,28)29/h5-12,15H,2-4,13-14H2,1H3/b12-7+. The minimum absolute atomic E-state index is 0.00842. The number of rotatable bonds is 5. The Bertz CT molecular complexity index is 1260. The molecular formula is C26H22F3N3O3. The smallest absolute Gasteiger partial charge is 0.417 e. The van der Waals surface area contributed by atoms with E-state index in [-0.39, 0.29) is 24.0 Å². The third-order valence-electron chi connectivity index (χ3n) is 6.26. The van der Waals surface area contributed by atoms with Crippen LogP contribution < -0.4 is 9.80 Å². The van der Waals surface area contributed by atoms with Crippen molar-refractivity contribution < 1.29 is 27.5 Å². The Balaban J connectivity index is 1.68. The lowest BCUT2D eigenvalue weighted by Gasteiger charge is -2.43. The number of halogens is 3. The van der Waals surface area contributed by atoms with Gasteiger partial charge in [0.1, 0.15) is 11.4 Å². The number of esters is 1. The predicted octanol–water partition coefficient (Wildman–Crippen LogP) is 5.40. The molecule has 1 saturated heterocycles. The maximum absolute atomic E-state index is 13.5. The highest BCUT2D eigenvalue weighted by atomic mass is 19.4. The summed E-state index contributed by atoms with van der Waals surface area (Å²) in [5.41, 5.74) is -1.14. The van der Waals surface area contributed by atoms with Crippen molar-refractivity contribution >= 4 is 29.3 Å². The summed E-state index contributed by atoms with van der Waals surface area (Å²) in [6.45, 7) is 6.03. The van der Waals surface area contributed by atoms with Gasteiger partial charge in [0, 0.05) is 11.8 Å². The summed E-state index contributed by atoms with van der Waals surface area (Å²) in [4.78, 5) is 28.0. The van der Waals surface area contributed by atoms with Crippen LogP contribution in [0.1, 0.15) is 42.9 Å². The molecule has 1 aliphatic heterocycles. The first kappa shape index (κ1) is 24.1. The number of alkyl halides is 3. The molecule has 0 radical (unpaired) electrons. The van der Waals surface area contributed by atoms with E-state index in [1.165, 1.54) is 17.0 Å². The summed E-state index contributed by atoms with van der Waals surface area (Å²) in [7, 11) is 0. The van der Waals surface area contributed by atoms with Crippen molar-refractivity contribution in [3.05, 3.63) is 77.6 Å². The second-order valence-corrected chi connectivity index (χ2v) is 8.29. The Morgan fingerprint density at radius 1 is 1.20 bits per heavy atom. The number of amides is 1. The lowest BCUT2D eigenvalue weighted by Crippen LogP contribution is -2.54. The van der Waals surface area contributed by atoms with E-state index in [0.29, 0.717) is 18.5 Å². The number of ether oxygens (including phenoxy) is 1. The summed E-state index contributed by atoms with van der Waals surface area (Å²) in [5.74, 6) is -0.569. The van der Waals surface area contributed by atoms with Gasteiger partial charge in [0.25, 0.3) is 5.91 Å². The minimum atomic E-state index is -4.74. The number of nitriles is 1. The fourth-order valence-electron chi connectivity index (χ4n) is 4.47. The SMILES string of the molecule is C=C1N(c2ccc(C#N)c(C(F)(F)F)c2)C(=O)C2(CCC2)N1c1ccc(/C=C/C(=O)OCC)cc1. The van der Waals surface area contributed by atoms with Gasteiger partial charge in [0.05, 0.1) is 29.5 Å². The summed E-state index contributed by atoms with van der Waals surface area (Å²) < 4.78 is 45.5. The van der Waals surface area contributed by atoms with Crippen LogP contribution in [-0.2, 0) is 20.5 Å². The molecule has 6 nitrogen and oxygen atoms in total. The Hall–Kier alpha value is -4.06. The van der Waals surface area contributed by atoms with E-state index in [2.05, 4.69) is 6.58 Å². The summed E-state index contributed by atoms with van der Waals surface area (Å²) in [5, 5.41) is 9.09. The number of hydrogen-bond donors (Lipinski definition) is 0. The monoisotopic (exact) mass is 481 g/mol. The van der Waals surface area contributed by atoms with Crippen LogP contribution in [0, 0.1) is 11.3 Å². The Morgan fingerprint density at radius 3 is 2.40 bits per heavy atom. The summed E-state index contributed by atoms with van der Waals surface area (Å²) in [6, 6.07) is 11.8. The normalized spacial score (nSPS) is 17.1. The molecule has 0 aromatic heterocycles. The first-order valence-corrected chi connectivity index (χ1v) is 11.0. The summed E-state index contributed by atoms with van der Waals surface area (Å²) >= 11 is 0. The van der Waals surface area contributed by atoms with Gasteiger partial charge in [-0.1, -0.05) is 18.7 Å². The van der Waals surface area contributed by atoms with Crippen LogP contribution in [0.3, 0.4) is 0 Å². The number of nitrogens with zero attached hydrogens (tertiary/aromatic N) is 3. The number of carbonyl (C=O) groups excluding carboxylic acids is 2. The molecule has 0 N–H and O–H groups in total. The molecule has 1 heterocycles. The molecular weight excluding hydrogens is 459 g/mol. The van der Waals surface area contributed by atoms with Crippen molar-refractivity contribution in [2.75, 3.05) is 16.4 Å². The first-order chi connectivity index (χ1) is 16.6. The van der Waals surface area contributed by atoms with E-state index in [1.807, 2.05) is 0 Å². The van der Waals surface area contributed by atoms with Crippen molar-refractivity contribution in [1.82, 2.24) is 0 Å². The molecule has 1 saturated carbocycles. The van der Waals surface area contributed by atoms with Gasteiger partial charge in [0.2, 0.25) is 0 Å². The van der Waals surface area contributed by atoms with Gasteiger partial charge in [0.15, 0.2) is 0 Å². The zero-order valence-corrected chi connectivity index (χ0v) is 18.9. The number of hydrogen-bond acceptors (Lipinski definition) is 5. The van der Waals surface area contributed by atoms with E-state index in [1.54, 1.807) is 48.2 Å². The third kappa shape index (κ3) is 4.16. The van der Waals surface area contributed by atoms with E-state index in [4.69, 9.17) is 10.00 Å². The van der Waals surface area contributed by atoms with Crippen LogP contribution in [0.4, 0.5) is 24.5 Å². The molecule has 2 aromatic rings. The van der Waals surface area contributed by atoms with Crippen LogP contribution in [0.25, 0.3) is 6.08 Å². The number of carbonyl (C=O) groups is 2. The lowest BCUT2D eigenvalue weighted by molar-refractivity contribution is -0.138. The van der Waals surface area contributed by atoms with E-state index in [0.717, 1.165) is 24.1 Å². The number of benzene rings is 2. The zero-order chi connectivity index (χ0) is 25.4. The molecule has 1 aliphatic carbocycles. The molecule has 0 atom stereocenters. The Kier molecular flexibility index (Phi) is 6.15. The van der Waals surface area contributed by atoms with Crippen LogP contribution in [0.15, 0.2) is 60.9 Å². The van der Waals surface area contributed by atoms with Crippen LogP contribution in [0.2, 0.25) is 0 Å². The second-order valence-electron chi connectivity index (χ2n) is 8.29. The van der Waals surface area contributed by atoms with Crippen molar-refractivity contribution in [1.29, 1.82) is 5.26 Å². The molecule has 4 rings (SSSR count). The molecule has 35 heavy (non-hydrogen) atoms. The predicted molar refractivity (Wildman–Crippen MR) is 124 cm³/mol. The van der Waals surface area contributed by atoms with E-state index < -0.39 is 28.8 Å². The van der Waals surface area contributed by atoms with Crippen molar-refractivity contribution in [2.45, 2.75) is 37.9 Å². The molecule has 180 valence electrons. The Morgan fingerprint density at radius 2 is 1.86 bits per heavy atom. The van der Waals surface area contributed by atoms with Crippen LogP contribution in [0.5, 0.6) is 0 Å². The maximum atomic E-state index is 13.5. The second kappa shape index (κ2) is 8.95. The third-order valence-corrected chi connectivity index (χ3v) is 6.26. The topological polar surface area (TPSA) is 73.6 Å². The summed E-state index contributed by atoms with van der Waals surface area (Å²) in [6.07, 6.45) is 0.0427.